The van der Waals surface area contributed by atoms with Gasteiger partial charge in [0.25, 0.3) is 0 Å². The number of carbonyl (C=O) groups is 2. The second kappa shape index (κ2) is 5.36. The maximum Gasteiger partial charge on any atom is 0.326 e. The predicted octanol–water partition coefficient (Wildman–Crippen LogP) is 0.631. The van der Waals surface area contributed by atoms with Gasteiger partial charge in [0.2, 0.25) is 5.91 Å². The van der Waals surface area contributed by atoms with E-state index in [9.17, 15) is 14.0 Å². The summed E-state index contributed by atoms with van der Waals surface area (Å²) in [7, 11) is 1.21. The Labute approximate surface area is 109 Å². The summed E-state index contributed by atoms with van der Waals surface area (Å²) in [6, 6.07) is 6.12. The first-order valence-corrected chi connectivity index (χ1v) is 5.78. The van der Waals surface area contributed by atoms with Crippen LogP contribution in [0, 0.1) is 11.2 Å². The molecule has 1 saturated heterocycles. The molecule has 0 aliphatic carbocycles. The minimum absolute atomic E-state index is 0.0111. The van der Waals surface area contributed by atoms with Gasteiger partial charge in [-0.3, -0.25) is 9.59 Å². The van der Waals surface area contributed by atoms with Crippen LogP contribution in [0.15, 0.2) is 24.3 Å². The van der Waals surface area contributed by atoms with Gasteiger partial charge < -0.3 is 14.8 Å². The number of carbonyl (C=O) groups excluding carboxylic acids is 2. The molecule has 1 aliphatic rings. The van der Waals surface area contributed by atoms with E-state index in [2.05, 4.69) is 10.1 Å². The van der Waals surface area contributed by atoms with Gasteiger partial charge in [-0.05, 0) is 6.07 Å². The summed E-state index contributed by atoms with van der Waals surface area (Å²) >= 11 is 0. The Morgan fingerprint density at radius 1 is 1.42 bits per heavy atom. The highest BCUT2D eigenvalue weighted by Crippen LogP contribution is 2.29. The molecule has 6 heteroatoms. The van der Waals surface area contributed by atoms with Gasteiger partial charge in [0.1, 0.15) is 5.82 Å². The van der Waals surface area contributed by atoms with Crippen molar-refractivity contribution in [3.05, 3.63) is 35.6 Å². The van der Waals surface area contributed by atoms with Crippen molar-refractivity contribution in [1.82, 2.24) is 5.32 Å². The number of benzene rings is 1. The number of ether oxygens (including phenoxy) is 2. The van der Waals surface area contributed by atoms with Crippen LogP contribution in [0.25, 0.3) is 0 Å². The third-order valence-corrected chi connectivity index (χ3v) is 3.10. The summed E-state index contributed by atoms with van der Waals surface area (Å²) in [6.45, 7) is -0.00416. The van der Waals surface area contributed by atoms with Gasteiger partial charge in [0.05, 0.1) is 20.3 Å². The molecule has 102 valence electrons. The fraction of sp³-hybridized carbons (Fsp3) is 0.385. The molecule has 1 aromatic carbocycles. The summed E-state index contributed by atoms with van der Waals surface area (Å²) < 4.78 is 22.9. The molecule has 0 aromatic heterocycles. The van der Waals surface area contributed by atoms with E-state index in [0.717, 1.165) is 0 Å². The van der Waals surface area contributed by atoms with Gasteiger partial charge in [-0.15, -0.1) is 0 Å². The van der Waals surface area contributed by atoms with Gasteiger partial charge in [-0.25, -0.2) is 4.39 Å². The lowest BCUT2D eigenvalue weighted by Crippen LogP contribution is -2.59. The normalized spacial score (nSPS) is 16.3. The average Bonchev–Trinajstić information content (AvgIpc) is 2.36. The Hall–Kier alpha value is -1.95. The van der Waals surface area contributed by atoms with Crippen molar-refractivity contribution < 1.29 is 23.5 Å². The predicted molar refractivity (Wildman–Crippen MR) is 63.5 cm³/mol. The average molecular weight is 267 g/mol. The Bertz CT molecular complexity index is 499. The number of hydrogen-bond donors (Lipinski definition) is 1. The molecule has 0 spiro atoms. The van der Waals surface area contributed by atoms with Gasteiger partial charge in [0, 0.05) is 12.1 Å². The number of hydrogen-bond acceptors (Lipinski definition) is 4. The molecule has 0 unspecified atom stereocenters. The van der Waals surface area contributed by atoms with Crippen LogP contribution >= 0.6 is 0 Å². The molecule has 0 atom stereocenters. The molecule has 1 aliphatic heterocycles. The Balaban J connectivity index is 2.02. The molecule has 0 saturated carbocycles. The van der Waals surface area contributed by atoms with Crippen molar-refractivity contribution in [2.45, 2.75) is 6.54 Å². The highest BCUT2D eigenvalue weighted by atomic mass is 19.1. The summed E-state index contributed by atoms with van der Waals surface area (Å²) in [5.41, 5.74) is -0.934. The van der Waals surface area contributed by atoms with Gasteiger partial charge in [-0.2, -0.15) is 0 Å². The van der Waals surface area contributed by atoms with Crippen molar-refractivity contribution in [1.29, 1.82) is 0 Å². The van der Waals surface area contributed by atoms with E-state index in [-0.39, 0.29) is 19.8 Å². The van der Waals surface area contributed by atoms with E-state index in [0.29, 0.717) is 5.56 Å². The molecule has 0 bridgehead atoms. The number of rotatable bonds is 4. The zero-order valence-electron chi connectivity index (χ0n) is 10.4. The summed E-state index contributed by atoms with van der Waals surface area (Å²) in [4.78, 5) is 23.6. The fourth-order valence-electron chi connectivity index (χ4n) is 1.83. The molecule has 0 radical (unpaired) electrons. The smallest absolute Gasteiger partial charge is 0.326 e. The zero-order chi connectivity index (χ0) is 13.9. The van der Waals surface area contributed by atoms with Crippen LogP contribution < -0.4 is 5.32 Å². The summed E-state index contributed by atoms with van der Waals surface area (Å²) in [5.74, 6) is -1.54. The maximum atomic E-state index is 13.4. The Kier molecular flexibility index (Phi) is 3.80. The molecule has 2 rings (SSSR count). The molecular weight excluding hydrogens is 253 g/mol. The molecular formula is C13H14FNO4. The number of methoxy groups -OCH3 is 1. The maximum absolute atomic E-state index is 13.4. The fourth-order valence-corrected chi connectivity index (χ4v) is 1.83. The third-order valence-electron chi connectivity index (χ3n) is 3.10. The summed E-state index contributed by atoms with van der Waals surface area (Å²) in [5, 5.41) is 2.54. The molecule has 1 heterocycles. The van der Waals surface area contributed by atoms with Crippen LogP contribution in [-0.4, -0.2) is 32.2 Å². The van der Waals surface area contributed by atoms with Gasteiger partial charge in [0.15, 0.2) is 5.41 Å². The van der Waals surface area contributed by atoms with E-state index in [1.54, 1.807) is 18.2 Å². The minimum atomic E-state index is -1.29. The van der Waals surface area contributed by atoms with Crippen molar-refractivity contribution in [2.75, 3.05) is 20.3 Å². The van der Waals surface area contributed by atoms with Crippen LogP contribution in [0.2, 0.25) is 0 Å². The van der Waals surface area contributed by atoms with Crippen LogP contribution in [-0.2, 0) is 25.6 Å². The van der Waals surface area contributed by atoms with Crippen molar-refractivity contribution in [3.8, 4) is 0 Å². The highest BCUT2D eigenvalue weighted by molar-refractivity contribution is 6.03. The molecule has 1 fully saturated rings. The topological polar surface area (TPSA) is 64.6 Å². The largest absolute Gasteiger partial charge is 0.468 e. The van der Waals surface area contributed by atoms with E-state index in [4.69, 9.17) is 4.74 Å². The Morgan fingerprint density at radius 3 is 2.63 bits per heavy atom. The first kappa shape index (κ1) is 13.5. The number of amides is 1. The van der Waals surface area contributed by atoms with Gasteiger partial charge in [-0.1, -0.05) is 18.2 Å². The van der Waals surface area contributed by atoms with E-state index in [1.165, 1.54) is 13.2 Å². The molecule has 19 heavy (non-hydrogen) atoms. The molecule has 1 N–H and O–H groups in total. The molecule has 5 nitrogen and oxygen atoms in total. The quantitative estimate of drug-likeness (QED) is 0.642. The van der Waals surface area contributed by atoms with Crippen molar-refractivity contribution in [2.24, 2.45) is 5.41 Å². The van der Waals surface area contributed by atoms with Crippen LogP contribution in [0.5, 0.6) is 0 Å². The van der Waals surface area contributed by atoms with Crippen molar-refractivity contribution in [3.63, 3.8) is 0 Å². The third kappa shape index (κ3) is 2.44. The lowest BCUT2D eigenvalue weighted by molar-refractivity contribution is -0.188. The van der Waals surface area contributed by atoms with E-state index >= 15 is 0 Å². The number of nitrogens with one attached hydrogen (secondary N) is 1. The van der Waals surface area contributed by atoms with E-state index < -0.39 is 23.1 Å². The zero-order valence-corrected chi connectivity index (χ0v) is 10.4. The SMILES string of the molecule is COC(=O)C1(C(=O)NCc2ccccc2F)COC1. The molecule has 1 amide bonds. The molecule has 1 aromatic rings. The second-order valence-corrected chi connectivity index (χ2v) is 4.34. The Morgan fingerprint density at radius 2 is 2.11 bits per heavy atom. The van der Waals surface area contributed by atoms with Crippen LogP contribution in [0.4, 0.5) is 4.39 Å². The van der Waals surface area contributed by atoms with E-state index in [1.807, 2.05) is 0 Å². The number of esters is 1. The highest BCUT2D eigenvalue weighted by Gasteiger charge is 2.53. The number of halogens is 1. The minimum Gasteiger partial charge on any atom is -0.468 e. The summed E-state index contributed by atoms with van der Waals surface area (Å²) in [6.07, 6.45) is 0. The van der Waals surface area contributed by atoms with Crippen LogP contribution in [0.3, 0.4) is 0 Å². The standard InChI is InChI=1S/C13H14FNO4/c1-18-12(17)13(7-19-8-13)11(16)15-6-9-4-2-3-5-10(9)14/h2-5H,6-8H2,1H3,(H,15,16). The van der Waals surface area contributed by atoms with Crippen molar-refractivity contribution >= 4 is 11.9 Å². The first-order chi connectivity index (χ1) is 9.10. The first-order valence-electron chi connectivity index (χ1n) is 5.78. The second-order valence-electron chi connectivity index (χ2n) is 4.34. The van der Waals surface area contributed by atoms with Gasteiger partial charge >= 0.3 is 5.97 Å². The lowest BCUT2D eigenvalue weighted by atomic mass is 9.85. The lowest BCUT2D eigenvalue weighted by Gasteiger charge is -2.36. The monoisotopic (exact) mass is 267 g/mol. The van der Waals surface area contributed by atoms with Crippen LogP contribution in [0.1, 0.15) is 5.56 Å².